The molecule has 1 aromatic heterocycles. The Labute approximate surface area is 235 Å². The molecule has 0 aliphatic carbocycles. The molecule has 5 rings (SSSR count). The van der Waals surface area contributed by atoms with Gasteiger partial charge in [-0.15, -0.1) is 10.2 Å². The predicted molar refractivity (Wildman–Crippen MR) is 153 cm³/mol. The third-order valence-electron chi connectivity index (χ3n) is 6.97. The number of fused-ring (bicyclic) bond motifs is 1. The lowest BCUT2D eigenvalue weighted by Crippen LogP contribution is -2.30. The highest BCUT2D eigenvalue weighted by Gasteiger charge is 2.26. The number of benzene rings is 3. The lowest BCUT2D eigenvalue weighted by molar-refractivity contribution is -0.385. The Balaban J connectivity index is 1.39. The third-order valence-corrected chi connectivity index (χ3v) is 7.89. The number of nitro groups is 1. The van der Waals surface area contributed by atoms with Crippen molar-refractivity contribution in [3.8, 4) is 5.69 Å². The van der Waals surface area contributed by atoms with Gasteiger partial charge in [0.1, 0.15) is 0 Å². The summed E-state index contributed by atoms with van der Waals surface area (Å²) in [5.74, 6) is 0.193. The monoisotopic (exact) mass is 556 g/mol. The fourth-order valence-corrected chi connectivity index (χ4v) is 5.67. The van der Waals surface area contributed by atoms with E-state index in [1.54, 1.807) is 13.0 Å². The number of nitrogens with one attached hydrogen (secondary N) is 1. The molecule has 2 heterocycles. The summed E-state index contributed by atoms with van der Waals surface area (Å²) in [6.45, 7) is 6.20. The number of para-hydroxylation sites is 1. The molecule has 0 saturated heterocycles. The number of aromatic nitrogens is 3. The van der Waals surface area contributed by atoms with Crippen molar-refractivity contribution in [3.63, 3.8) is 0 Å². The van der Waals surface area contributed by atoms with Crippen molar-refractivity contribution in [1.82, 2.24) is 20.1 Å². The fourth-order valence-electron chi connectivity index (χ4n) is 4.83. The summed E-state index contributed by atoms with van der Waals surface area (Å²) in [4.78, 5) is 38.8. The standard InChI is InChI=1S/C29H28N6O4S/c1-18-11-12-19(2)25(15-18)34-26(16-30-28(37)22-8-6-10-23(20(22)3)35(38)39)31-32-29(34)40-17-27(36)33-14-13-21-7-4-5-9-24(21)33/h4-12,15H,13-14,16-17H2,1-3H3,(H,30,37). The summed E-state index contributed by atoms with van der Waals surface area (Å²) in [6, 6.07) is 18.4. The van der Waals surface area contributed by atoms with Crippen molar-refractivity contribution in [2.75, 3.05) is 17.2 Å². The minimum atomic E-state index is -0.505. The predicted octanol–water partition coefficient (Wildman–Crippen LogP) is 4.71. The van der Waals surface area contributed by atoms with E-state index in [1.165, 1.54) is 23.9 Å². The zero-order chi connectivity index (χ0) is 28.4. The molecule has 0 bridgehead atoms. The van der Waals surface area contributed by atoms with Crippen molar-refractivity contribution in [2.24, 2.45) is 0 Å². The van der Waals surface area contributed by atoms with Crippen LogP contribution in [-0.2, 0) is 17.8 Å². The Morgan fingerprint density at radius 3 is 2.62 bits per heavy atom. The second kappa shape index (κ2) is 11.3. The van der Waals surface area contributed by atoms with Crippen LogP contribution in [0.15, 0.2) is 65.8 Å². The van der Waals surface area contributed by atoms with Crippen LogP contribution in [0.4, 0.5) is 11.4 Å². The van der Waals surface area contributed by atoms with Crippen molar-refractivity contribution in [1.29, 1.82) is 0 Å². The number of aryl methyl sites for hydroxylation is 2. The van der Waals surface area contributed by atoms with Crippen LogP contribution in [0.1, 0.15) is 38.4 Å². The average Bonchev–Trinajstić information content (AvgIpc) is 3.56. The van der Waals surface area contributed by atoms with Gasteiger partial charge in [0.2, 0.25) is 5.91 Å². The summed E-state index contributed by atoms with van der Waals surface area (Å²) < 4.78 is 1.86. The number of hydrogen-bond acceptors (Lipinski definition) is 7. The number of carbonyl (C=O) groups is 2. The van der Waals surface area contributed by atoms with Gasteiger partial charge < -0.3 is 10.2 Å². The van der Waals surface area contributed by atoms with Crippen molar-refractivity contribution < 1.29 is 14.5 Å². The Kier molecular flexibility index (Phi) is 7.65. The van der Waals surface area contributed by atoms with Crippen LogP contribution < -0.4 is 10.2 Å². The zero-order valence-electron chi connectivity index (χ0n) is 22.4. The van der Waals surface area contributed by atoms with Crippen LogP contribution in [0.25, 0.3) is 5.69 Å². The maximum Gasteiger partial charge on any atom is 0.273 e. The van der Waals surface area contributed by atoms with Gasteiger partial charge in [0, 0.05) is 29.4 Å². The number of rotatable bonds is 8. The number of nitro benzene ring substituents is 1. The van der Waals surface area contributed by atoms with E-state index in [9.17, 15) is 19.7 Å². The zero-order valence-corrected chi connectivity index (χ0v) is 23.2. The van der Waals surface area contributed by atoms with E-state index in [4.69, 9.17) is 0 Å². The number of anilines is 1. The van der Waals surface area contributed by atoms with Crippen molar-refractivity contribution >= 4 is 35.0 Å². The summed E-state index contributed by atoms with van der Waals surface area (Å²) in [7, 11) is 0. The van der Waals surface area contributed by atoms with Gasteiger partial charge in [-0.3, -0.25) is 24.3 Å². The third kappa shape index (κ3) is 5.32. The molecule has 1 aliphatic rings. The molecule has 0 atom stereocenters. The SMILES string of the molecule is Cc1ccc(C)c(-n2c(CNC(=O)c3cccc([N+](=O)[O-])c3C)nnc2SCC(=O)N2CCc3ccccc32)c1. The van der Waals surface area contributed by atoms with E-state index in [2.05, 4.69) is 15.5 Å². The largest absolute Gasteiger partial charge is 0.345 e. The minimum Gasteiger partial charge on any atom is -0.345 e. The maximum absolute atomic E-state index is 13.2. The Morgan fingerprint density at radius 2 is 1.82 bits per heavy atom. The molecule has 2 amide bonds. The highest BCUT2D eigenvalue weighted by atomic mass is 32.2. The number of thioether (sulfide) groups is 1. The molecule has 3 aromatic carbocycles. The molecular formula is C29H28N6O4S. The first-order valence-corrected chi connectivity index (χ1v) is 13.8. The van der Waals surface area contributed by atoms with Crippen LogP contribution in [0.3, 0.4) is 0 Å². The molecular weight excluding hydrogens is 528 g/mol. The molecule has 11 heteroatoms. The molecule has 40 heavy (non-hydrogen) atoms. The topological polar surface area (TPSA) is 123 Å². The van der Waals surface area contributed by atoms with Crippen LogP contribution in [0, 0.1) is 30.9 Å². The van der Waals surface area contributed by atoms with Gasteiger partial charge >= 0.3 is 0 Å². The Bertz CT molecular complexity index is 1630. The van der Waals surface area contributed by atoms with Gasteiger partial charge in [-0.1, -0.05) is 48.2 Å². The Hall–Kier alpha value is -4.51. The van der Waals surface area contributed by atoms with Gasteiger partial charge in [-0.2, -0.15) is 0 Å². The number of amides is 2. The van der Waals surface area contributed by atoms with Gasteiger partial charge in [0.05, 0.1) is 22.9 Å². The molecule has 4 aromatic rings. The maximum atomic E-state index is 13.2. The minimum absolute atomic E-state index is 0.0125. The highest BCUT2D eigenvalue weighted by molar-refractivity contribution is 7.99. The number of hydrogen-bond donors (Lipinski definition) is 1. The van der Waals surface area contributed by atoms with E-state index >= 15 is 0 Å². The summed E-state index contributed by atoms with van der Waals surface area (Å²) >= 11 is 1.30. The first-order chi connectivity index (χ1) is 19.2. The van der Waals surface area contributed by atoms with Crippen LogP contribution in [-0.4, -0.2) is 43.8 Å². The molecule has 0 fully saturated rings. The molecule has 204 valence electrons. The van der Waals surface area contributed by atoms with Crippen LogP contribution >= 0.6 is 11.8 Å². The molecule has 0 radical (unpaired) electrons. The Morgan fingerprint density at radius 1 is 1.02 bits per heavy atom. The molecule has 0 spiro atoms. The second-order valence-corrected chi connectivity index (χ2v) is 10.6. The first-order valence-electron chi connectivity index (χ1n) is 12.8. The van der Waals surface area contributed by atoms with Gasteiger partial charge in [0.25, 0.3) is 11.6 Å². The smallest absolute Gasteiger partial charge is 0.273 e. The van der Waals surface area contributed by atoms with Gasteiger partial charge in [0.15, 0.2) is 11.0 Å². The molecule has 10 nitrogen and oxygen atoms in total. The van der Waals surface area contributed by atoms with E-state index in [0.29, 0.717) is 23.1 Å². The first kappa shape index (κ1) is 27.1. The van der Waals surface area contributed by atoms with E-state index in [-0.39, 0.29) is 29.5 Å². The van der Waals surface area contributed by atoms with Crippen LogP contribution in [0.2, 0.25) is 0 Å². The van der Waals surface area contributed by atoms with E-state index in [0.717, 1.165) is 34.5 Å². The fraction of sp³-hybridized carbons (Fsp3) is 0.241. The normalized spacial score (nSPS) is 12.3. The summed E-state index contributed by atoms with van der Waals surface area (Å²) in [5.41, 5.74) is 5.38. The molecule has 1 aliphatic heterocycles. The quantitative estimate of drug-likeness (QED) is 0.189. The molecule has 0 unspecified atom stereocenters. The summed E-state index contributed by atoms with van der Waals surface area (Å²) in [5, 5.41) is 23.4. The average molecular weight is 557 g/mol. The molecule has 1 N–H and O–H groups in total. The molecule has 0 saturated carbocycles. The lowest BCUT2D eigenvalue weighted by Gasteiger charge is -2.17. The van der Waals surface area contributed by atoms with Crippen LogP contribution in [0.5, 0.6) is 0 Å². The van der Waals surface area contributed by atoms with Crippen molar-refractivity contribution in [2.45, 2.75) is 38.9 Å². The number of nitrogens with zero attached hydrogens (tertiary/aromatic N) is 5. The second-order valence-electron chi connectivity index (χ2n) is 9.63. The van der Waals surface area contributed by atoms with E-state index < -0.39 is 10.8 Å². The lowest BCUT2D eigenvalue weighted by atomic mass is 10.1. The van der Waals surface area contributed by atoms with Gasteiger partial charge in [-0.25, -0.2) is 0 Å². The van der Waals surface area contributed by atoms with E-state index in [1.807, 2.05) is 65.8 Å². The highest BCUT2D eigenvalue weighted by Crippen LogP contribution is 2.30. The summed E-state index contributed by atoms with van der Waals surface area (Å²) in [6.07, 6.45) is 0.832. The van der Waals surface area contributed by atoms with Gasteiger partial charge in [-0.05, 0) is 62.1 Å². The van der Waals surface area contributed by atoms with Crippen molar-refractivity contribution in [3.05, 3.63) is 104 Å². The number of carbonyl (C=O) groups excluding carboxylic acids is 2.